The normalized spacial score (nSPS) is 14.9. The van der Waals surface area contributed by atoms with Crippen LogP contribution in [-0.4, -0.2) is 41.0 Å². The average Bonchev–Trinajstić information content (AvgIpc) is 2.19. The zero-order valence-electron chi connectivity index (χ0n) is 12.5. The largest absolute Gasteiger partial charge is 0.444 e. The molecule has 112 valence electrons. The summed E-state index contributed by atoms with van der Waals surface area (Å²) in [6, 6.07) is -0.751. The molecule has 1 atom stereocenters. The molecule has 0 aromatic carbocycles. The first kappa shape index (κ1) is 17.5. The second kappa shape index (κ2) is 6.60. The summed E-state index contributed by atoms with van der Waals surface area (Å²) in [5.74, 6) is -0.143. The Kier molecular flexibility index (Phi) is 6.08. The maximum Gasteiger partial charge on any atom is 0.408 e. The molecule has 0 unspecified atom stereocenters. The molecule has 0 aliphatic heterocycles. The van der Waals surface area contributed by atoms with Crippen molar-refractivity contribution in [1.29, 1.82) is 0 Å². The van der Waals surface area contributed by atoms with E-state index in [2.05, 4.69) is 10.5 Å². The summed E-state index contributed by atoms with van der Waals surface area (Å²) in [6.07, 6.45) is -0.651. The van der Waals surface area contributed by atoms with Crippen molar-refractivity contribution < 1.29 is 19.5 Å². The van der Waals surface area contributed by atoms with Crippen molar-refractivity contribution in [3.63, 3.8) is 0 Å². The summed E-state index contributed by atoms with van der Waals surface area (Å²) < 4.78 is 10.6. The van der Waals surface area contributed by atoms with Gasteiger partial charge in [0, 0.05) is 0 Å². The number of alkyl carbamates (subject to hydrolysis) is 1. The third kappa shape index (κ3) is 9.12. The lowest BCUT2D eigenvalue weighted by atomic mass is 10.2. The number of nitrogens with two attached hydrogens (primary N) is 1. The zero-order chi connectivity index (χ0) is 15.3. The molecular formula is C12H25N3O4. The molecule has 0 fully saturated rings. The third-order valence-corrected chi connectivity index (χ3v) is 1.85. The van der Waals surface area contributed by atoms with Gasteiger partial charge in [-0.05, 0) is 41.5 Å². The molecule has 0 aliphatic rings. The van der Waals surface area contributed by atoms with Crippen molar-refractivity contribution in [3.8, 4) is 0 Å². The van der Waals surface area contributed by atoms with Crippen molar-refractivity contribution in [1.82, 2.24) is 5.32 Å². The highest BCUT2D eigenvalue weighted by Crippen LogP contribution is 2.09. The Hall–Kier alpha value is -1.50. The molecule has 0 rings (SSSR count). The first-order valence-corrected chi connectivity index (χ1v) is 6.05. The van der Waals surface area contributed by atoms with Crippen molar-refractivity contribution >= 4 is 11.9 Å². The van der Waals surface area contributed by atoms with Crippen LogP contribution in [0.5, 0.6) is 0 Å². The van der Waals surface area contributed by atoms with E-state index in [1.54, 1.807) is 20.8 Å². The van der Waals surface area contributed by atoms with Crippen LogP contribution in [0.4, 0.5) is 4.79 Å². The molecule has 1 amide bonds. The van der Waals surface area contributed by atoms with Gasteiger partial charge in [-0.1, -0.05) is 5.16 Å². The van der Waals surface area contributed by atoms with Gasteiger partial charge in [0.2, 0.25) is 0 Å². The Bertz CT molecular complexity index is 329. The Morgan fingerprint density at radius 2 is 1.79 bits per heavy atom. The Morgan fingerprint density at radius 3 is 2.16 bits per heavy atom. The Labute approximate surface area is 114 Å². The molecule has 0 bridgehead atoms. The topological polar surface area (TPSA) is 106 Å². The van der Waals surface area contributed by atoms with E-state index in [4.69, 9.17) is 20.4 Å². The van der Waals surface area contributed by atoms with E-state index in [-0.39, 0.29) is 12.4 Å². The van der Waals surface area contributed by atoms with Crippen LogP contribution in [-0.2, 0) is 9.47 Å². The fraction of sp³-hybridized carbons (Fsp3) is 0.833. The van der Waals surface area contributed by atoms with Crippen molar-refractivity contribution in [2.45, 2.75) is 58.8 Å². The van der Waals surface area contributed by atoms with E-state index < -0.39 is 23.3 Å². The Balaban J connectivity index is 4.57. The molecule has 0 heterocycles. The van der Waals surface area contributed by atoms with Gasteiger partial charge in [-0.15, -0.1) is 0 Å². The number of oxime groups is 1. The van der Waals surface area contributed by atoms with Gasteiger partial charge >= 0.3 is 6.09 Å². The lowest BCUT2D eigenvalue weighted by Crippen LogP contribution is -2.50. The van der Waals surface area contributed by atoms with E-state index in [0.29, 0.717) is 0 Å². The van der Waals surface area contributed by atoms with Gasteiger partial charge in [0.05, 0.1) is 12.2 Å². The summed E-state index contributed by atoms with van der Waals surface area (Å²) in [4.78, 5) is 11.6. The highest BCUT2D eigenvalue weighted by Gasteiger charge is 2.24. The van der Waals surface area contributed by atoms with Gasteiger partial charge in [0.25, 0.3) is 0 Å². The predicted octanol–water partition coefficient (Wildman–Crippen LogP) is 1.44. The van der Waals surface area contributed by atoms with E-state index in [9.17, 15) is 4.79 Å². The summed E-state index contributed by atoms with van der Waals surface area (Å²) in [6.45, 7) is 10.9. The van der Waals surface area contributed by atoms with Crippen molar-refractivity contribution in [3.05, 3.63) is 0 Å². The first-order chi connectivity index (χ1) is 8.44. The minimum atomic E-state index is -0.751. The molecular weight excluding hydrogens is 250 g/mol. The van der Waals surface area contributed by atoms with Crippen molar-refractivity contribution in [2.75, 3.05) is 6.61 Å². The van der Waals surface area contributed by atoms with E-state index in [0.717, 1.165) is 0 Å². The standard InChI is InChI=1S/C12H25N3O4/c1-11(2,3)18-7-8(9(13)15-17)14-10(16)19-12(4,5)6/h8,17H,7H2,1-6H3,(H2,13,15)(H,14,16)/t8-/m0/s1. The fourth-order valence-electron chi connectivity index (χ4n) is 1.05. The van der Waals surface area contributed by atoms with Gasteiger partial charge in [-0.2, -0.15) is 0 Å². The van der Waals surface area contributed by atoms with Crippen LogP contribution >= 0.6 is 0 Å². The smallest absolute Gasteiger partial charge is 0.408 e. The van der Waals surface area contributed by atoms with Gasteiger partial charge in [0.15, 0.2) is 5.84 Å². The van der Waals surface area contributed by atoms with Crippen LogP contribution in [0, 0.1) is 0 Å². The number of carbonyl (C=O) groups is 1. The molecule has 0 spiro atoms. The number of hydrogen-bond donors (Lipinski definition) is 3. The number of carbonyl (C=O) groups excluding carboxylic acids is 1. The Morgan fingerprint density at radius 1 is 1.26 bits per heavy atom. The maximum atomic E-state index is 11.6. The van der Waals surface area contributed by atoms with Gasteiger partial charge in [-0.3, -0.25) is 0 Å². The highest BCUT2D eigenvalue weighted by atomic mass is 16.6. The van der Waals surface area contributed by atoms with Gasteiger partial charge in [-0.25, -0.2) is 4.79 Å². The fourth-order valence-corrected chi connectivity index (χ4v) is 1.05. The van der Waals surface area contributed by atoms with E-state index in [1.165, 1.54) is 0 Å². The van der Waals surface area contributed by atoms with Crippen LogP contribution in [0.1, 0.15) is 41.5 Å². The summed E-state index contributed by atoms with van der Waals surface area (Å²) >= 11 is 0. The molecule has 0 radical (unpaired) electrons. The van der Waals surface area contributed by atoms with Gasteiger partial charge < -0.3 is 25.7 Å². The summed E-state index contributed by atoms with van der Waals surface area (Å²) in [7, 11) is 0. The van der Waals surface area contributed by atoms with Crippen LogP contribution < -0.4 is 11.1 Å². The molecule has 4 N–H and O–H groups in total. The number of nitrogens with zero attached hydrogens (tertiary/aromatic N) is 1. The van der Waals surface area contributed by atoms with Crippen molar-refractivity contribution in [2.24, 2.45) is 10.9 Å². The second-order valence-corrected chi connectivity index (χ2v) is 6.15. The molecule has 0 aromatic heterocycles. The molecule has 0 aliphatic carbocycles. The lowest BCUT2D eigenvalue weighted by Gasteiger charge is -2.26. The molecule has 7 heteroatoms. The number of nitrogens with one attached hydrogen (secondary N) is 1. The van der Waals surface area contributed by atoms with Crippen LogP contribution in [0.15, 0.2) is 5.16 Å². The van der Waals surface area contributed by atoms with Crippen LogP contribution in [0.3, 0.4) is 0 Å². The van der Waals surface area contributed by atoms with Crippen LogP contribution in [0.2, 0.25) is 0 Å². The number of hydrogen-bond acceptors (Lipinski definition) is 5. The first-order valence-electron chi connectivity index (χ1n) is 6.05. The zero-order valence-corrected chi connectivity index (χ0v) is 12.5. The molecule has 0 saturated carbocycles. The number of rotatable bonds is 4. The SMILES string of the molecule is CC(C)(C)OC[C@H](NC(=O)OC(C)(C)C)/C(N)=N/O. The average molecular weight is 275 g/mol. The van der Waals surface area contributed by atoms with Gasteiger partial charge in [0.1, 0.15) is 11.6 Å². The van der Waals surface area contributed by atoms with E-state index in [1.807, 2.05) is 20.8 Å². The minimum absolute atomic E-state index is 0.0820. The predicted molar refractivity (Wildman–Crippen MR) is 72.3 cm³/mol. The number of amides is 1. The molecule has 0 saturated heterocycles. The lowest BCUT2D eigenvalue weighted by molar-refractivity contribution is -0.00976. The number of amidine groups is 1. The molecule has 7 nitrogen and oxygen atoms in total. The monoisotopic (exact) mass is 275 g/mol. The summed E-state index contributed by atoms with van der Waals surface area (Å²) in [5.41, 5.74) is 4.49. The highest BCUT2D eigenvalue weighted by molar-refractivity contribution is 5.88. The van der Waals surface area contributed by atoms with E-state index >= 15 is 0 Å². The summed E-state index contributed by atoms with van der Waals surface area (Å²) in [5, 5.41) is 14.1. The quantitative estimate of drug-likeness (QED) is 0.311. The third-order valence-electron chi connectivity index (χ3n) is 1.85. The van der Waals surface area contributed by atoms with Crippen LogP contribution in [0.25, 0.3) is 0 Å². The second-order valence-electron chi connectivity index (χ2n) is 6.15. The molecule has 0 aromatic rings. The maximum absolute atomic E-state index is 11.6. The number of ether oxygens (including phenoxy) is 2. The molecule has 19 heavy (non-hydrogen) atoms. The minimum Gasteiger partial charge on any atom is -0.444 e.